The van der Waals surface area contributed by atoms with Crippen LogP contribution in [0.15, 0.2) is 4.99 Å². The third-order valence-electron chi connectivity index (χ3n) is 3.66. The van der Waals surface area contributed by atoms with Crippen molar-refractivity contribution >= 4 is 35.8 Å². The SMILES string of the molecule is CCCCC(CC)CNC(=NCC(=O)N(C)CC(F)(F)F)NCC.I. The van der Waals surface area contributed by atoms with E-state index in [4.69, 9.17) is 0 Å². The normalized spacial score (nSPS) is 13.0. The molecule has 0 aromatic heterocycles. The molecule has 0 aromatic carbocycles. The number of guanidine groups is 1. The van der Waals surface area contributed by atoms with Gasteiger partial charge in [-0.1, -0.05) is 33.1 Å². The Morgan fingerprint density at radius 2 is 1.84 bits per heavy atom. The van der Waals surface area contributed by atoms with Gasteiger partial charge in [0.15, 0.2) is 5.96 Å². The number of aliphatic imine (C=N–C) groups is 1. The first-order valence-corrected chi connectivity index (χ1v) is 8.56. The average molecular weight is 480 g/mol. The number of carbonyl (C=O) groups excluding carboxylic acids is 1. The minimum Gasteiger partial charge on any atom is -0.357 e. The highest BCUT2D eigenvalue weighted by molar-refractivity contribution is 14.0. The van der Waals surface area contributed by atoms with Crippen LogP contribution in [-0.2, 0) is 4.79 Å². The van der Waals surface area contributed by atoms with E-state index in [9.17, 15) is 18.0 Å². The molecule has 0 spiro atoms. The van der Waals surface area contributed by atoms with E-state index in [-0.39, 0.29) is 30.5 Å². The van der Waals surface area contributed by atoms with E-state index >= 15 is 0 Å². The maximum absolute atomic E-state index is 12.3. The molecule has 0 heterocycles. The van der Waals surface area contributed by atoms with Crippen LogP contribution >= 0.6 is 24.0 Å². The van der Waals surface area contributed by atoms with Gasteiger partial charge >= 0.3 is 6.18 Å². The maximum atomic E-state index is 12.3. The molecule has 0 fully saturated rings. The lowest BCUT2D eigenvalue weighted by Crippen LogP contribution is -2.41. The molecule has 0 radical (unpaired) electrons. The van der Waals surface area contributed by atoms with E-state index in [0.29, 0.717) is 23.3 Å². The highest BCUT2D eigenvalue weighted by Gasteiger charge is 2.31. The topological polar surface area (TPSA) is 56.7 Å². The summed E-state index contributed by atoms with van der Waals surface area (Å²) >= 11 is 0. The Kier molecular flexibility index (Phi) is 15.3. The van der Waals surface area contributed by atoms with Gasteiger partial charge in [-0.3, -0.25) is 4.79 Å². The summed E-state index contributed by atoms with van der Waals surface area (Å²) in [5.74, 6) is 0.307. The fourth-order valence-corrected chi connectivity index (χ4v) is 2.15. The zero-order chi connectivity index (χ0) is 18.6. The predicted molar refractivity (Wildman–Crippen MR) is 106 cm³/mol. The van der Waals surface area contributed by atoms with Gasteiger partial charge < -0.3 is 15.5 Å². The number of carbonyl (C=O) groups is 1. The van der Waals surface area contributed by atoms with Crippen LogP contribution in [0.4, 0.5) is 13.2 Å². The predicted octanol–water partition coefficient (Wildman–Crippen LogP) is 3.40. The molecule has 5 nitrogen and oxygen atoms in total. The molecule has 2 N–H and O–H groups in total. The second-order valence-corrected chi connectivity index (χ2v) is 5.86. The number of nitrogens with one attached hydrogen (secondary N) is 2. The summed E-state index contributed by atoms with van der Waals surface area (Å²) in [7, 11) is 1.13. The quantitative estimate of drug-likeness (QED) is 0.287. The van der Waals surface area contributed by atoms with Gasteiger partial charge in [-0.05, 0) is 19.3 Å². The fraction of sp³-hybridized carbons (Fsp3) is 0.875. The lowest BCUT2D eigenvalue weighted by Gasteiger charge is -2.19. The van der Waals surface area contributed by atoms with Crippen molar-refractivity contribution in [2.75, 3.05) is 33.2 Å². The Hall–Kier alpha value is -0.740. The van der Waals surface area contributed by atoms with E-state index in [1.54, 1.807) is 0 Å². The van der Waals surface area contributed by atoms with E-state index < -0.39 is 18.6 Å². The first kappa shape index (κ1) is 26.5. The molecule has 0 saturated heterocycles. The molecule has 0 bridgehead atoms. The molecule has 150 valence electrons. The van der Waals surface area contributed by atoms with Gasteiger partial charge in [-0.15, -0.1) is 24.0 Å². The van der Waals surface area contributed by atoms with Crippen LogP contribution in [0.5, 0.6) is 0 Å². The number of amides is 1. The second-order valence-electron chi connectivity index (χ2n) is 5.86. The molecular formula is C16H32F3IN4O. The van der Waals surface area contributed by atoms with Gasteiger partial charge in [0, 0.05) is 20.1 Å². The van der Waals surface area contributed by atoms with Crippen LogP contribution in [-0.4, -0.2) is 56.2 Å². The van der Waals surface area contributed by atoms with Crippen LogP contribution in [0.2, 0.25) is 0 Å². The fourth-order valence-electron chi connectivity index (χ4n) is 2.15. The lowest BCUT2D eigenvalue weighted by atomic mass is 9.99. The Morgan fingerprint density at radius 1 is 1.20 bits per heavy atom. The van der Waals surface area contributed by atoms with Crippen LogP contribution < -0.4 is 10.6 Å². The van der Waals surface area contributed by atoms with Gasteiger partial charge in [-0.2, -0.15) is 13.2 Å². The minimum atomic E-state index is -4.40. The van der Waals surface area contributed by atoms with Crippen molar-refractivity contribution in [3.63, 3.8) is 0 Å². The van der Waals surface area contributed by atoms with Crippen LogP contribution in [0, 0.1) is 5.92 Å². The summed E-state index contributed by atoms with van der Waals surface area (Å²) in [5.41, 5.74) is 0. The van der Waals surface area contributed by atoms with Crippen molar-refractivity contribution in [3.05, 3.63) is 0 Å². The van der Waals surface area contributed by atoms with Gasteiger partial charge in [0.05, 0.1) is 0 Å². The van der Waals surface area contributed by atoms with Crippen LogP contribution in [0.3, 0.4) is 0 Å². The molecular weight excluding hydrogens is 448 g/mol. The number of rotatable bonds is 10. The number of hydrogen-bond acceptors (Lipinski definition) is 2. The Morgan fingerprint density at radius 3 is 2.32 bits per heavy atom. The van der Waals surface area contributed by atoms with Crippen molar-refractivity contribution < 1.29 is 18.0 Å². The van der Waals surface area contributed by atoms with Crippen molar-refractivity contribution in [2.45, 2.75) is 52.6 Å². The van der Waals surface area contributed by atoms with Crippen molar-refractivity contribution in [1.29, 1.82) is 0 Å². The second kappa shape index (κ2) is 14.4. The largest absolute Gasteiger partial charge is 0.406 e. The summed E-state index contributed by atoms with van der Waals surface area (Å²) in [6, 6.07) is 0. The summed E-state index contributed by atoms with van der Waals surface area (Å²) in [6.07, 6.45) is 0.0656. The van der Waals surface area contributed by atoms with E-state index in [1.165, 1.54) is 0 Å². The standard InChI is InChI=1S/C16H31F3N4O.HI/c1-5-8-9-13(6-2)10-21-15(20-7-3)22-11-14(24)23(4)12-16(17,18)19;/h13H,5-12H2,1-4H3,(H2,20,21,22);1H. The van der Waals surface area contributed by atoms with Crippen LogP contribution in [0.1, 0.15) is 46.5 Å². The number of halogens is 4. The summed E-state index contributed by atoms with van der Waals surface area (Å²) in [4.78, 5) is 16.5. The zero-order valence-corrected chi connectivity index (χ0v) is 17.9. The third-order valence-corrected chi connectivity index (χ3v) is 3.66. The Bertz CT molecular complexity index is 392. The minimum absolute atomic E-state index is 0. The van der Waals surface area contributed by atoms with Crippen molar-refractivity contribution in [3.8, 4) is 0 Å². The van der Waals surface area contributed by atoms with Crippen LogP contribution in [0.25, 0.3) is 0 Å². The summed E-state index contributed by atoms with van der Waals surface area (Å²) in [6.45, 7) is 5.94. The lowest BCUT2D eigenvalue weighted by molar-refractivity contribution is -0.157. The van der Waals surface area contributed by atoms with E-state index in [0.717, 1.165) is 39.3 Å². The van der Waals surface area contributed by atoms with Gasteiger partial charge in [0.2, 0.25) is 5.91 Å². The zero-order valence-electron chi connectivity index (χ0n) is 15.6. The maximum Gasteiger partial charge on any atom is 0.406 e. The smallest absolute Gasteiger partial charge is 0.357 e. The number of nitrogens with zero attached hydrogens (tertiary/aromatic N) is 2. The molecule has 9 heteroatoms. The molecule has 1 amide bonds. The Balaban J connectivity index is 0. The first-order chi connectivity index (χ1) is 11.2. The molecule has 25 heavy (non-hydrogen) atoms. The molecule has 0 rings (SSSR count). The molecule has 0 aliphatic carbocycles. The first-order valence-electron chi connectivity index (χ1n) is 8.56. The Labute approximate surface area is 166 Å². The summed E-state index contributed by atoms with van der Waals surface area (Å²) < 4.78 is 36.8. The van der Waals surface area contributed by atoms with Crippen molar-refractivity contribution in [2.24, 2.45) is 10.9 Å². The monoisotopic (exact) mass is 480 g/mol. The summed E-state index contributed by atoms with van der Waals surface area (Å²) in [5, 5.41) is 6.18. The number of likely N-dealkylation sites (N-methyl/N-ethyl adjacent to an activating group) is 1. The van der Waals surface area contributed by atoms with Gasteiger partial charge in [-0.25, -0.2) is 4.99 Å². The van der Waals surface area contributed by atoms with Gasteiger partial charge in [0.25, 0.3) is 0 Å². The van der Waals surface area contributed by atoms with Gasteiger partial charge in [0.1, 0.15) is 13.1 Å². The highest BCUT2D eigenvalue weighted by atomic mass is 127. The molecule has 0 saturated carbocycles. The third kappa shape index (κ3) is 14.1. The molecule has 0 aliphatic rings. The highest BCUT2D eigenvalue weighted by Crippen LogP contribution is 2.15. The van der Waals surface area contributed by atoms with E-state index in [2.05, 4.69) is 29.5 Å². The van der Waals surface area contributed by atoms with E-state index in [1.807, 2.05) is 6.92 Å². The molecule has 0 aliphatic heterocycles. The molecule has 1 atom stereocenters. The molecule has 0 aromatic rings. The molecule has 1 unspecified atom stereocenters. The number of hydrogen-bond donors (Lipinski definition) is 2. The average Bonchev–Trinajstić information content (AvgIpc) is 2.50. The van der Waals surface area contributed by atoms with Crippen molar-refractivity contribution in [1.82, 2.24) is 15.5 Å². The number of unbranched alkanes of at least 4 members (excludes halogenated alkanes) is 1. The number of alkyl halides is 3.